The highest BCUT2D eigenvalue weighted by Gasteiger charge is 2.31. The fourth-order valence-electron chi connectivity index (χ4n) is 3.49. The van der Waals surface area contributed by atoms with E-state index in [1.807, 2.05) is 16.8 Å². The monoisotopic (exact) mass is 437 g/mol. The van der Waals surface area contributed by atoms with Crippen LogP contribution < -0.4 is 4.74 Å². The number of piperidine rings is 1. The minimum Gasteiger partial charge on any atom is -0.406 e. The molecule has 0 saturated carbocycles. The average Bonchev–Trinajstić information content (AvgIpc) is 3.39. The van der Waals surface area contributed by atoms with Gasteiger partial charge in [-0.25, -0.2) is 0 Å². The van der Waals surface area contributed by atoms with Gasteiger partial charge in [0, 0.05) is 36.0 Å². The summed E-state index contributed by atoms with van der Waals surface area (Å²) in [5.41, 5.74) is 1.23. The van der Waals surface area contributed by atoms with Crippen molar-refractivity contribution in [3.63, 3.8) is 0 Å². The fourth-order valence-corrected chi connectivity index (χ4v) is 4.13. The molecule has 0 N–H and O–H groups in total. The van der Waals surface area contributed by atoms with Gasteiger partial charge in [0.25, 0.3) is 5.91 Å². The van der Waals surface area contributed by atoms with Crippen LogP contribution in [0.15, 0.2) is 45.6 Å². The third-order valence-corrected chi connectivity index (χ3v) is 5.54. The van der Waals surface area contributed by atoms with Crippen LogP contribution in [-0.2, 0) is 6.42 Å². The number of likely N-dealkylation sites (tertiary alicyclic amines) is 1. The molecule has 0 spiro atoms. The first-order chi connectivity index (χ1) is 14.4. The highest BCUT2D eigenvalue weighted by Crippen LogP contribution is 2.26. The van der Waals surface area contributed by atoms with E-state index < -0.39 is 6.36 Å². The molecule has 1 fully saturated rings. The second-order valence-electron chi connectivity index (χ2n) is 7.06. The van der Waals surface area contributed by atoms with Crippen molar-refractivity contribution < 1.29 is 27.2 Å². The first-order valence-electron chi connectivity index (χ1n) is 9.37. The first kappa shape index (κ1) is 20.4. The SMILES string of the molecule is O=C(c1ccc(OC(F)(F)F)cc1)N1CCC[C@H](Cc2nc(-c3ccsc3)no2)C1. The van der Waals surface area contributed by atoms with Crippen molar-refractivity contribution in [2.75, 3.05) is 13.1 Å². The summed E-state index contributed by atoms with van der Waals surface area (Å²) in [6.45, 7) is 1.12. The Morgan fingerprint density at radius 2 is 2.07 bits per heavy atom. The molecule has 3 heterocycles. The van der Waals surface area contributed by atoms with Gasteiger partial charge in [-0.1, -0.05) is 5.16 Å². The summed E-state index contributed by atoms with van der Waals surface area (Å²) in [5, 5.41) is 7.89. The van der Waals surface area contributed by atoms with Gasteiger partial charge in [0.05, 0.1) is 0 Å². The van der Waals surface area contributed by atoms with Crippen LogP contribution in [-0.4, -0.2) is 40.4 Å². The summed E-state index contributed by atoms with van der Waals surface area (Å²) in [6.07, 6.45) is -2.43. The summed E-state index contributed by atoms with van der Waals surface area (Å²) in [6, 6.07) is 6.90. The van der Waals surface area contributed by atoms with Gasteiger partial charge in [0.2, 0.25) is 11.7 Å². The van der Waals surface area contributed by atoms with Gasteiger partial charge in [-0.15, -0.1) is 13.2 Å². The average molecular weight is 437 g/mol. The molecule has 0 bridgehead atoms. The molecular weight excluding hydrogens is 419 g/mol. The highest BCUT2D eigenvalue weighted by atomic mass is 32.1. The second-order valence-corrected chi connectivity index (χ2v) is 7.84. The van der Waals surface area contributed by atoms with Gasteiger partial charge in [-0.3, -0.25) is 4.79 Å². The smallest absolute Gasteiger partial charge is 0.406 e. The zero-order valence-electron chi connectivity index (χ0n) is 15.8. The molecule has 1 aromatic carbocycles. The van der Waals surface area contributed by atoms with E-state index in [0.29, 0.717) is 36.8 Å². The number of carbonyl (C=O) groups excluding carboxylic acids is 1. The van der Waals surface area contributed by atoms with Crippen LogP contribution in [0, 0.1) is 5.92 Å². The van der Waals surface area contributed by atoms with Crippen LogP contribution in [0.25, 0.3) is 11.4 Å². The molecule has 1 atom stereocenters. The maximum atomic E-state index is 12.8. The van der Waals surface area contributed by atoms with Gasteiger partial charge in [0.15, 0.2) is 0 Å². The van der Waals surface area contributed by atoms with E-state index in [0.717, 1.165) is 30.5 Å². The number of thiophene rings is 1. The number of alkyl halides is 3. The summed E-state index contributed by atoms with van der Waals surface area (Å²) in [4.78, 5) is 18.9. The molecule has 0 aliphatic carbocycles. The number of hydrogen-bond acceptors (Lipinski definition) is 6. The van der Waals surface area contributed by atoms with Crippen LogP contribution >= 0.6 is 11.3 Å². The number of benzene rings is 1. The highest BCUT2D eigenvalue weighted by molar-refractivity contribution is 7.08. The molecule has 4 rings (SSSR count). The predicted octanol–water partition coefficient (Wildman–Crippen LogP) is 4.79. The number of amides is 1. The van der Waals surface area contributed by atoms with Crippen molar-refractivity contribution in [2.24, 2.45) is 5.92 Å². The van der Waals surface area contributed by atoms with Crippen molar-refractivity contribution in [3.8, 4) is 17.1 Å². The van der Waals surface area contributed by atoms with Gasteiger partial charge in [-0.05, 0) is 54.5 Å². The van der Waals surface area contributed by atoms with Crippen LogP contribution in [0.2, 0.25) is 0 Å². The van der Waals surface area contributed by atoms with Crippen molar-refractivity contribution in [1.82, 2.24) is 15.0 Å². The molecule has 1 aliphatic heterocycles. The van der Waals surface area contributed by atoms with E-state index in [9.17, 15) is 18.0 Å². The normalized spacial score (nSPS) is 17.2. The lowest BCUT2D eigenvalue weighted by molar-refractivity contribution is -0.274. The van der Waals surface area contributed by atoms with Crippen molar-refractivity contribution in [2.45, 2.75) is 25.6 Å². The number of carbonyl (C=O) groups is 1. The fraction of sp³-hybridized carbons (Fsp3) is 0.350. The number of aromatic nitrogens is 2. The number of rotatable bonds is 5. The van der Waals surface area contributed by atoms with E-state index in [-0.39, 0.29) is 17.6 Å². The Hall–Kier alpha value is -2.88. The zero-order valence-corrected chi connectivity index (χ0v) is 16.6. The Kier molecular flexibility index (Phi) is 5.76. The minimum atomic E-state index is -4.76. The number of ether oxygens (including phenoxy) is 1. The van der Waals surface area contributed by atoms with Crippen molar-refractivity contribution in [1.29, 1.82) is 0 Å². The first-order valence-corrected chi connectivity index (χ1v) is 10.3. The molecule has 6 nitrogen and oxygen atoms in total. The Labute approximate surface area is 174 Å². The molecule has 30 heavy (non-hydrogen) atoms. The Balaban J connectivity index is 1.37. The summed E-state index contributed by atoms with van der Waals surface area (Å²) in [7, 11) is 0. The van der Waals surface area contributed by atoms with Gasteiger partial charge < -0.3 is 14.2 Å². The number of hydrogen-bond donors (Lipinski definition) is 0. The molecule has 2 aromatic heterocycles. The van der Waals surface area contributed by atoms with E-state index in [4.69, 9.17) is 4.52 Å². The standard InChI is InChI=1S/C20H18F3N3O3S/c21-20(22,23)28-16-5-3-14(4-6-16)19(27)26-8-1-2-13(11-26)10-17-24-18(25-29-17)15-7-9-30-12-15/h3-7,9,12-13H,1-2,8,10-11H2/t13-/m1/s1. The lowest BCUT2D eigenvalue weighted by Crippen LogP contribution is -2.40. The van der Waals surface area contributed by atoms with Gasteiger partial charge >= 0.3 is 6.36 Å². The van der Waals surface area contributed by atoms with Crippen LogP contribution in [0.1, 0.15) is 29.1 Å². The summed E-state index contributed by atoms with van der Waals surface area (Å²) < 4.78 is 46.0. The second kappa shape index (κ2) is 8.47. The molecule has 10 heteroatoms. The zero-order chi connectivity index (χ0) is 21.1. The third-order valence-electron chi connectivity index (χ3n) is 4.85. The quantitative estimate of drug-likeness (QED) is 0.574. The van der Waals surface area contributed by atoms with Crippen LogP contribution in [0.4, 0.5) is 13.2 Å². The molecule has 1 amide bonds. The number of halogens is 3. The van der Waals surface area contributed by atoms with Crippen LogP contribution in [0.5, 0.6) is 5.75 Å². The molecule has 3 aromatic rings. The number of nitrogens with zero attached hydrogens (tertiary/aromatic N) is 3. The van der Waals surface area contributed by atoms with Crippen LogP contribution in [0.3, 0.4) is 0 Å². The van der Waals surface area contributed by atoms with E-state index in [1.165, 1.54) is 12.1 Å². The van der Waals surface area contributed by atoms with Gasteiger partial charge in [-0.2, -0.15) is 16.3 Å². The van der Waals surface area contributed by atoms with Gasteiger partial charge in [0.1, 0.15) is 5.75 Å². The Bertz CT molecular complexity index is 987. The lowest BCUT2D eigenvalue weighted by Gasteiger charge is -2.32. The summed E-state index contributed by atoms with van der Waals surface area (Å²) in [5.74, 6) is 0.683. The molecule has 1 aliphatic rings. The molecular formula is C20H18F3N3O3S. The lowest BCUT2D eigenvalue weighted by atomic mass is 9.94. The largest absolute Gasteiger partial charge is 0.573 e. The Morgan fingerprint density at radius 3 is 2.77 bits per heavy atom. The van der Waals surface area contributed by atoms with E-state index in [2.05, 4.69) is 14.9 Å². The topological polar surface area (TPSA) is 68.5 Å². The van der Waals surface area contributed by atoms with Crippen molar-refractivity contribution in [3.05, 3.63) is 52.5 Å². The molecule has 0 unspecified atom stereocenters. The molecule has 158 valence electrons. The summed E-state index contributed by atoms with van der Waals surface area (Å²) >= 11 is 1.55. The van der Waals surface area contributed by atoms with E-state index >= 15 is 0 Å². The predicted molar refractivity (Wildman–Crippen MR) is 103 cm³/mol. The Morgan fingerprint density at radius 1 is 1.27 bits per heavy atom. The molecule has 0 radical (unpaired) electrons. The van der Waals surface area contributed by atoms with E-state index in [1.54, 1.807) is 16.2 Å². The molecule has 1 saturated heterocycles. The van der Waals surface area contributed by atoms with Crippen molar-refractivity contribution >= 4 is 17.2 Å². The third kappa shape index (κ3) is 4.99. The maximum Gasteiger partial charge on any atom is 0.573 e. The minimum absolute atomic E-state index is 0.173. The maximum absolute atomic E-state index is 12.8.